The largest absolute Gasteiger partial charge is 0.496 e. The summed E-state index contributed by atoms with van der Waals surface area (Å²) < 4.78 is 10.2. The van der Waals surface area contributed by atoms with Crippen molar-refractivity contribution in [2.45, 2.75) is 26.7 Å². The number of hydrogen-bond acceptors (Lipinski definition) is 6. The first kappa shape index (κ1) is 20.1. The Morgan fingerprint density at radius 1 is 1.04 bits per heavy atom. The van der Waals surface area contributed by atoms with E-state index < -0.39 is 17.5 Å². The van der Waals surface area contributed by atoms with Crippen molar-refractivity contribution in [1.29, 1.82) is 0 Å². The molecule has 7 heteroatoms. The number of nitro groups is 1. The Hall–Kier alpha value is -3.22. The van der Waals surface area contributed by atoms with E-state index in [-0.39, 0.29) is 22.8 Å². The minimum absolute atomic E-state index is 0.0995. The predicted molar refractivity (Wildman–Crippen MR) is 99.5 cm³/mol. The molecule has 7 nitrogen and oxygen atoms in total. The molecule has 2 rings (SSSR count). The number of Topliss-reactive ketones (excluding diaryl/α,β-unsaturated/α-hetero) is 1. The highest BCUT2D eigenvalue weighted by Crippen LogP contribution is 2.25. The molecular formula is C20H21NO6. The van der Waals surface area contributed by atoms with Crippen molar-refractivity contribution in [3.05, 3.63) is 68.8 Å². The van der Waals surface area contributed by atoms with Gasteiger partial charge in [0.2, 0.25) is 5.78 Å². The van der Waals surface area contributed by atoms with Crippen molar-refractivity contribution in [3.63, 3.8) is 0 Å². The van der Waals surface area contributed by atoms with Gasteiger partial charge < -0.3 is 9.47 Å². The number of nitro benzene ring substituents is 1. The Morgan fingerprint density at radius 2 is 1.78 bits per heavy atom. The molecule has 0 N–H and O–H groups in total. The Kier molecular flexibility index (Phi) is 6.65. The van der Waals surface area contributed by atoms with Gasteiger partial charge in [-0.3, -0.25) is 14.9 Å². The zero-order valence-corrected chi connectivity index (χ0v) is 15.5. The fourth-order valence-electron chi connectivity index (χ4n) is 2.67. The van der Waals surface area contributed by atoms with Crippen LogP contribution in [0.25, 0.3) is 0 Å². The molecule has 2 aromatic carbocycles. The first-order valence-electron chi connectivity index (χ1n) is 8.55. The minimum atomic E-state index is -0.853. The number of carbonyl (C=O) groups excluding carboxylic acids is 2. The van der Waals surface area contributed by atoms with Gasteiger partial charge in [-0.15, -0.1) is 0 Å². The van der Waals surface area contributed by atoms with Gasteiger partial charge in [0.25, 0.3) is 5.69 Å². The fraction of sp³-hybridized carbons (Fsp3) is 0.300. The standard InChI is InChI=1S/C20H21NO6/c1-4-13-6-7-14(5-2)16(10-13)18(22)12-27-20(23)17-11-15(21(24)25)8-9-19(17)26-3/h6-11H,4-5,12H2,1-3H3. The van der Waals surface area contributed by atoms with Gasteiger partial charge in [-0.25, -0.2) is 4.79 Å². The smallest absolute Gasteiger partial charge is 0.342 e. The molecule has 0 spiro atoms. The molecular weight excluding hydrogens is 350 g/mol. The van der Waals surface area contributed by atoms with E-state index >= 15 is 0 Å². The van der Waals surface area contributed by atoms with Crippen LogP contribution in [-0.2, 0) is 17.6 Å². The van der Waals surface area contributed by atoms with Gasteiger partial charge in [0.05, 0.1) is 12.0 Å². The number of carbonyl (C=O) groups is 2. The lowest BCUT2D eigenvalue weighted by molar-refractivity contribution is -0.384. The van der Waals surface area contributed by atoms with Crippen LogP contribution < -0.4 is 4.74 Å². The van der Waals surface area contributed by atoms with Crippen LogP contribution in [0.1, 0.15) is 45.7 Å². The molecule has 0 aliphatic carbocycles. The van der Waals surface area contributed by atoms with E-state index in [0.717, 1.165) is 23.6 Å². The van der Waals surface area contributed by atoms with Crippen LogP contribution in [0.5, 0.6) is 5.75 Å². The second kappa shape index (κ2) is 8.93. The number of hydrogen-bond donors (Lipinski definition) is 0. The number of ketones is 1. The molecule has 27 heavy (non-hydrogen) atoms. The highest BCUT2D eigenvalue weighted by molar-refractivity contribution is 6.01. The average Bonchev–Trinajstić information content (AvgIpc) is 2.70. The zero-order valence-electron chi connectivity index (χ0n) is 15.5. The summed E-state index contributed by atoms with van der Waals surface area (Å²) in [5.74, 6) is -1.03. The zero-order chi connectivity index (χ0) is 20.0. The number of rotatable bonds is 8. The number of nitrogens with zero attached hydrogens (tertiary/aromatic N) is 1. The molecule has 0 saturated carbocycles. The van der Waals surface area contributed by atoms with Crippen LogP contribution >= 0.6 is 0 Å². The van der Waals surface area contributed by atoms with Gasteiger partial charge in [-0.05, 0) is 36.1 Å². The minimum Gasteiger partial charge on any atom is -0.496 e. The number of benzene rings is 2. The molecule has 0 aromatic heterocycles. The molecule has 142 valence electrons. The molecule has 0 radical (unpaired) electrons. The van der Waals surface area contributed by atoms with Crippen LogP contribution in [0.4, 0.5) is 5.69 Å². The van der Waals surface area contributed by atoms with Gasteiger partial charge in [0.1, 0.15) is 11.3 Å². The van der Waals surface area contributed by atoms with Crippen LogP contribution in [0.2, 0.25) is 0 Å². The van der Waals surface area contributed by atoms with Crippen molar-refractivity contribution < 1.29 is 24.0 Å². The molecule has 0 aliphatic heterocycles. The number of ether oxygens (including phenoxy) is 2. The van der Waals surface area contributed by atoms with E-state index in [4.69, 9.17) is 9.47 Å². The lowest BCUT2D eigenvalue weighted by Crippen LogP contribution is -2.16. The highest BCUT2D eigenvalue weighted by Gasteiger charge is 2.20. The quantitative estimate of drug-likeness (QED) is 0.303. The van der Waals surface area contributed by atoms with Crippen LogP contribution in [0, 0.1) is 10.1 Å². The Bertz CT molecular complexity index is 875. The van der Waals surface area contributed by atoms with E-state index in [0.29, 0.717) is 12.0 Å². The van der Waals surface area contributed by atoms with Crippen molar-refractivity contribution in [2.24, 2.45) is 0 Å². The summed E-state index contributed by atoms with van der Waals surface area (Å²) in [7, 11) is 1.34. The van der Waals surface area contributed by atoms with Gasteiger partial charge in [-0.1, -0.05) is 26.0 Å². The van der Waals surface area contributed by atoms with Crippen molar-refractivity contribution >= 4 is 17.4 Å². The molecule has 0 amide bonds. The van der Waals surface area contributed by atoms with Crippen LogP contribution in [-0.4, -0.2) is 30.4 Å². The van der Waals surface area contributed by atoms with Crippen LogP contribution in [0.15, 0.2) is 36.4 Å². The van der Waals surface area contributed by atoms with E-state index in [1.807, 2.05) is 32.0 Å². The van der Waals surface area contributed by atoms with E-state index in [1.54, 1.807) is 0 Å². The Balaban J connectivity index is 2.19. The third-order valence-corrected chi connectivity index (χ3v) is 4.21. The molecule has 0 saturated heterocycles. The summed E-state index contributed by atoms with van der Waals surface area (Å²) in [5, 5.41) is 10.9. The number of methoxy groups -OCH3 is 1. The monoisotopic (exact) mass is 371 g/mol. The maximum absolute atomic E-state index is 12.5. The normalized spacial score (nSPS) is 10.3. The maximum atomic E-state index is 12.5. The molecule has 0 fully saturated rings. The van der Waals surface area contributed by atoms with Crippen molar-refractivity contribution in [3.8, 4) is 5.75 Å². The second-order valence-corrected chi connectivity index (χ2v) is 5.84. The number of esters is 1. The number of non-ortho nitro benzene ring substituents is 1. The van der Waals surface area contributed by atoms with Gasteiger partial charge in [0.15, 0.2) is 6.61 Å². The average molecular weight is 371 g/mol. The van der Waals surface area contributed by atoms with Crippen molar-refractivity contribution in [1.82, 2.24) is 0 Å². The lowest BCUT2D eigenvalue weighted by atomic mass is 9.98. The predicted octanol–water partition coefficient (Wildman–Crippen LogP) is 3.77. The molecule has 0 atom stereocenters. The lowest BCUT2D eigenvalue weighted by Gasteiger charge is -2.11. The molecule has 0 aliphatic rings. The molecule has 2 aromatic rings. The third-order valence-electron chi connectivity index (χ3n) is 4.21. The summed E-state index contributed by atoms with van der Waals surface area (Å²) in [6.45, 7) is 3.48. The van der Waals surface area contributed by atoms with Gasteiger partial charge in [0, 0.05) is 17.7 Å². The topological polar surface area (TPSA) is 95.7 Å². The first-order chi connectivity index (χ1) is 12.9. The molecule has 0 unspecified atom stereocenters. The van der Waals surface area contributed by atoms with Crippen molar-refractivity contribution in [2.75, 3.05) is 13.7 Å². The highest BCUT2D eigenvalue weighted by atomic mass is 16.6. The van der Waals surface area contributed by atoms with E-state index in [2.05, 4.69) is 0 Å². The summed E-state index contributed by atoms with van der Waals surface area (Å²) >= 11 is 0. The SMILES string of the molecule is CCc1ccc(CC)c(C(=O)COC(=O)c2cc([N+](=O)[O-])ccc2OC)c1. The third kappa shape index (κ3) is 4.69. The Labute approximate surface area is 157 Å². The molecule has 0 bridgehead atoms. The van der Waals surface area contributed by atoms with E-state index in [9.17, 15) is 19.7 Å². The first-order valence-corrected chi connectivity index (χ1v) is 8.55. The second-order valence-electron chi connectivity index (χ2n) is 5.84. The van der Waals surface area contributed by atoms with Crippen LogP contribution in [0.3, 0.4) is 0 Å². The summed E-state index contributed by atoms with van der Waals surface area (Å²) in [5.41, 5.74) is 2.05. The summed E-state index contributed by atoms with van der Waals surface area (Å²) in [6, 6.07) is 9.29. The van der Waals surface area contributed by atoms with Gasteiger partial charge >= 0.3 is 5.97 Å². The summed E-state index contributed by atoms with van der Waals surface area (Å²) in [6.07, 6.45) is 1.46. The molecule has 0 heterocycles. The van der Waals surface area contributed by atoms with Gasteiger partial charge in [-0.2, -0.15) is 0 Å². The fourth-order valence-corrected chi connectivity index (χ4v) is 2.67. The number of aryl methyl sites for hydroxylation is 2. The van der Waals surface area contributed by atoms with E-state index in [1.165, 1.54) is 19.2 Å². The summed E-state index contributed by atoms with van der Waals surface area (Å²) in [4.78, 5) is 35.2. The Morgan fingerprint density at radius 3 is 2.37 bits per heavy atom. The maximum Gasteiger partial charge on any atom is 0.342 e.